The van der Waals surface area contributed by atoms with Crippen molar-refractivity contribution in [3.05, 3.63) is 17.0 Å². The number of carbonyl (C=O) groups is 1. The van der Waals surface area contributed by atoms with E-state index in [1.807, 2.05) is 34.7 Å². The first-order chi connectivity index (χ1) is 7.88. The molecule has 1 rings (SSSR count). The Morgan fingerprint density at radius 2 is 2.06 bits per heavy atom. The van der Waals surface area contributed by atoms with Gasteiger partial charge in [0.1, 0.15) is 0 Å². The average Bonchev–Trinajstić information content (AvgIpc) is 2.51. The van der Waals surface area contributed by atoms with Gasteiger partial charge in [-0.25, -0.2) is 0 Å². The molecule has 2 N–H and O–H groups in total. The van der Waals surface area contributed by atoms with E-state index in [0.29, 0.717) is 5.56 Å². The number of aromatic nitrogens is 2. The smallest absolute Gasteiger partial charge is 0.255 e. The molecule has 0 spiro atoms. The van der Waals surface area contributed by atoms with Crippen molar-refractivity contribution in [1.82, 2.24) is 15.1 Å². The maximum Gasteiger partial charge on any atom is 0.255 e. The van der Waals surface area contributed by atoms with E-state index in [2.05, 4.69) is 10.4 Å². The average molecular weight is 239 g/mol. The van der Waals surface area contributed by atoms with E-state index >= 15 is 0 Å². The Hall–Kier alpha value is -1.36. The predicted octanol–water partition coefficient (Wildman–Crippen LogP) is 0.784. The fourth-order valence-electron chi connectivity index (χ4n) is 1.68. The Bertz CT molecular complexity index is 412. The van der Waals surface area contributed by atoms with Crippen molar-refractivity contribution in [2.24, 2.45) is 13.0 Å². The van der Waals surface area contributed by atoms with E-state index in [9.17, 15) is 4.79 Å². The Labute approximate surface area is 102 Å². The SMILES string of the molecule is Cc1nn(C)c(C)c1C(=O)NC(C)C(C)CO. The minimum absolute atomic E-state index is 0.0382. The zero-order chi connectivity index (χ0) is 13.2. The van der Waals surface area contributed by atoms with Crippen LogP contribution in [-0.4, -0.2) is 33.4 Å². The van der Waals surface area contributed by atoms with Gasteiger partial charge in [0.25, 0.3) is 5.91 Å². The Balaban J connectivity index is 2.83. The van der Waals surface area contributed by atoms with Crippen LogP contribution < -0.4 is 5.32 Å². The van der Waals surface area contributed by atoms with Gasteiger partial charge < -0.3 is 10.4 Å². The molecule has 0 saturated heterocycles. The van der Waals surface area contributed by atoms with Crippen molar-refractivity contribution >= 4 is 5.91 Å². The van der Waals surface area contributed by atoms with Crippen molar-refractivity contribution < 1.29 is 9.90 Å². The molecule has 0 aliphatic rings. The monoisotopic (exact) mass is 239 g/mol. The zero-order valence-electron chi connectivity index (χ0n) is 11.1. The summed E-state index contributed by atoms with van der Waals surface area (Å²) in [6.07, 6.45) is 0. The molecule has 1 amide bonds. The summed E-state index contributed by atoms with van der Waals surface area (Å²) in [6.45, 7) is 7.54. The van der Waals surface area contributed by atoms with Gasteiger partial charge in [-0.2, -0.15) is 5.10 Å². The number of aryl methyl sites for hydroxylation is 2. The molecular weight excluding hydrogens is 218 g/mol. The second kappa shape index (κ2) is 5.31. The molecule has 0 aliphatic carbocycles. The van der Waals surface area contributed by atoms with Crippen LogP contribution in [-0.2, 0) is 7.05 Å². The number of nitrogens with zero attached hydrogens (tertiary/aromatic N) is 2. The van der Waals surface area contributed by atoms with E-state index in [1.54, 1.807) is 4.68 Å². The lowest BCUT2D eigenvalue weighted by Gasteiger charge is -2.19. The number of hydrogen-bond acceptors (Lipinski definition) is 3. The first-order valence-electron chi connectivity index (χ1n) is 5.80. The topological polar surface area (TPSA) is 67.2 Å². The van der Waals surface area contributed by atoms with Crippen molar-refractivity contribution in [3.63, 3.8) is 0 Å². The Morgan fingerprint density at radius 1 is 1.47 bits per heavy atom. The molecule has 0 saturated carbocycles. The van der Waals surface area contributed by atoms with Crippen LogP contribution in [0.5, 0.6) is 0 Å². The molecular formula is C12H21N3O2. The van der Waals surface area contributed by atoms with Crippen LogP contribution in [0.4, 0.5) is 0 Å². The predicted molar refractivity (Wildman–Crippen MR) is 65.9 cm³/mol. The molecule has 0 bridgehead atoms. The standard InChI is InChI=1S/C12H21N3O2/c1-7(6-16)8(2)13-12(17)11-9(3)14-15(5)10(11)4/h7-8,16H,6H2,1-5H3,(H,13,17). The summed E-state index contributed by atoms with van der Waals surface area (Å²) >= 11 is 0. The van der Waals surface area contributed by atoms with E-state index in [1.165, 1.54) is 0 Å². The third-order valence-electron chi connectivity index (χ3n) is 3.24. The van der Waals surface area contributed by atoms with Crippen LogP contribution in [0.25, 0.3) is 0 Å². The molecule has 1 heterocycles. The lowest BCUT2D eigenvalue weighted by Crippen LogP contribution is -2.38. The third-order valence-corrected chi connectivity index (χ3v) is 3.24. The summed E-state index contributed by atoms with van der Waals surface area (Å²) in [7, 11) is 1.82. The summed E-state index contributed by atoms with van der Waals surface area (Å²) in [6, 6.07) is -0.0634. The van der Waals surface area contributed by atoms with Gasteiger partial charge in [0, 0.05) is 25.4 Å². The molecule has 0 aliphatic heterocycles. The summed E-state index contributed by atoms with van der Waals surface area (Å²) in [4.78, 5) is 12.1. The number of nitrogens with one attached hydrogen (secondary N) is 1. The van der Waals surface area contributed by atoms with Crippen molar-refractivity contribution in [1.29, 1.82) is 0 Å². The number of hydrogen-bond donors (Lipinski definition) is 2. The van der Waals surface area contributed by atoms with E-state index < -0.39 is 0 Å². The van der Waals surface area contributed by atoms with Gasteiger partial charge in [-0.3, -0.25) is 9.48 Å². The van der Waals surface area contributed by atoms with Crippen molar-refractivity contribution in [3.8, 4) is 0 Å². The van der Waals surface area contributed by atoms with Gasteiger partial charge in [-0.15, -0.1) is 0 Å². The second-order valence-corrected chi connectivity index (χ2v) is 4.59. The molecule has 17 heavy (non-hydrogen) atoms. The Kier molecular flexibility index (Phi) is 4.28. The van der Waals surface area contributed by atoms with Crippen LogP contribution in [0, 0.1) is 19.8 Å². The first kappa shape index (κ1) is 13.7. The lowest BCUT2D eigenvalue weighted by molar-refractivity contribution is 0.0915. The third kappa shape index (κ3) is 2.85. The van der Waals surface area contributed by atoms with Crippen molar-refractivity contribution in [2.75, 3.05) is 6.61 Å². The molecule has 0 fully saturated rings. The highest BCUT2D eigenvalue weighted by Crippen LogP contribution is 2.12. The van der Waals surface area contributed by atoms with Crippen LogP contribution in [0.3, 0.4) is 0 Å². The fourth-order valence-corrected chi connectivity index (χ4v) is 1.68. The van der Waals surface area contributed by atoms with E-state index in [0.717, 1.165) is 11.4 Å². The number of rotatable bonds is 4. The molecule has 2 unspecified atom stereocenters. The molecule has 0 aromatic carbocycles. The fraction of sp³-hybridized carbons (Fsp3) is 0.667. The highest BCUT2D eigenvalue weighted by Gasteiger charge is 2.20. The molecule has 96 valence electrons. The minimum atomic E-state index is -0.124. The zero-order valence-corrected chi connectivity index (χ0v) is 11.1. The van der Waals surface area contributed by atoms with Crippen LogP contribution in [0.1, 0.15) is 35.6 Å². The Morgan fingerprint density at radius 3 is 2.47 bits per heavy atom. The van der Waals surface area contributed by atoms with E-state index in [4.69, 9.17) is 5.11 Å². The number of aliphatic hydroxyl groups excluding tert-OH is 1. The molecule has 5 heteroatoms. The van der Waals surface area contributed by atoms with Gasteiger partial charge in [0.2, 0.25) is 0 Å². The lowest BCUT2D eigenvalue weighted by atomic mass is 10.0. The van der Waals surface area contributed by atoms with Crippen molar-refractivity contribution in [2.45, 2.75) is 33.7 Å². The summed E-state index contributed by atoms with van der Waals surface area (Å²) in [5, 5.41) is 16.1. The quantitative estimate of drug-likeness (QED) is 0.816. The summed E-state index contributed by atoms with van der Waals surface area (Å²) in [5.74, 6) is -0.0860. The van der Waals surface area contributed by atoms with Gasteiger partial charge in [-0.1, -0.05) is 6.92 Å². The largest absolute Gasteiger partial charge is 0.396 e. The minimum Gasteiger partial charge on any atom is -0.396 e. The molecule has 1 aromatic heterocycles. The number of amides is 1. The van der Waals surface area contributed by atoms with Gasteiger partial charge >= 0.3 is 0 Å². The van der Waals surface area contributed by atoms with Crippen LogP contribution in [0.15, 0.2) is 0 Å². The maximum atomic E-state index is 12.1. The van der Waals surface area contributed by atoms with E-state index in [-0.39, 0.29) is 24.5 Å². The highest BCUT2D eigenvalue weighted by atomic mass is 16.3. The highest BCUT2D eigenvalue weighted by molar-refractivity contribution is 5.96. The molecule has 2 atom stereocenters. The number of aliphatic hydroxyl groups is 1. The van der Waals surface area contributed by atoms with Gasteiger partial charge in [-0.05, 0) is 26.7 Å². The normalized spacial score (nSPS) is 14.5. The van der Waals surface area contributed by atoms with Crippen LogP contribution >= 0.6 is 0 Å². The molecule has 0 radical (unpaired) electrons. The maximum absolute atomic E-state index is 12.1. The van der Waals surface area contributed by atoms with Crippen LogP contribution in [0.2, 0.25) is 0 Å². The first-order valence-corrected chi connectivity index (χ1v) is 5.80. The molecule has 1 aromatic rings. The van der Waals surface area contributed by atoms with Gasteiger partial charge in [0.05, 0.1) is 11.3 Å². The second-order valence-electron chi connectivity index (χ2n) is 4.59. The number of carbonyl (C=O) groups excluding carboxylic acids is 1. The molecule has 5 nitrogen and oxygen atoms in total. The van der Waals surface area contributed by atoms with Gasteiger partial charge in [0.15, 0.2) is 0 Å². The summed E-state index contributed by atoms with van der Waals surface area (Å²) < 4.78 is 1.70. The summed E-state index contributed by atoms with van der Waals surface area (Å²) in [5.41, 5.74) is 2.21.